The lowest BCUT2D eigenvalue weighted by molar-refractivity contribution is -0.134. The quantitative estimate of drug-likeness (QED) is 0.382. The van der Waals surface area contributed by atoms with Gasteiger partial charge in [0.15, 0.2) is 0 Å². The summed E-state index contributed by atoms with van der Waals surface area (Å²) in [6, 6.07) is 11.3. The summed E-state index contributed by atoms with van der Waals surface area (Å²) in [5, 5.41) is 4.53. The highest BCUT2D eigenvalue weighted by molar-refractivity contribution is 6.30. The summed E-state index contributed by atoms with van der Waals surface area (Å²) in [4.78, 5) is 32.9. The minimum absolute atomic E-state index is 0.00344. The van der Waals surface area contributed by atoms with E-state index in [1.165, 1.54) is 11.1 Å². The SMILES string of the molecule is Cc1cc(Cl)ccc1C[C@@H](NC(=O)N1CCCC1)C(=O)N1CCC(c2ccc(Cl)cc2C[C@H](C)CN(C)C)CC1. The third-order valence-corrected chi connectivity index (χ3v) is 8.78. The number of urea groups is 1. The molecular formula is C32H44Cl2N4O2. The number of aryl methyl sites for hydroxylation is 1. The van der Waals surface area contributed by atoms with Crippen LogP contribution < -0.4 is 5.32 Å². The van der Waals surface area contributed by atoms with Crippen LogP contribution >= 0.6 is 23.2 Å². The minimum atomic E-state index is -0.609. The van der Waals surface area contributed by atoms with Crippen LogP contribution in [0.1, 0.15) is 60.8 Å². The van der Waals surface area contributed by atoms with Gasteiger partial charge in [-0.3, -0.25) is 4.79 Å². The molecule has 8 heteroatoms. The Balaban J connectivity index is 1.45. The average Bonchev–Trinajstić information content (AvgIpc) is 3.44. The van der Waals surface area contributed by atoms with Gasteiger partial charge in [-0.25, -0.2) is 4.79 Å². The van der Waals surface area contributed by atoms with Crippen LogP contribution in [0.5, 0.6) is 0 Å². The maximum Gasteiger partial charge on any atom is 0.318 e. The first kappa shape index (κ1) is 30.7. The van der Waals surface area contributed by atoms with Gasteiger partial charge >= 0.3 is 6.03 Å². The molecule has 2 heterocycles. The van der Waals surface area contributed by atoms with Crippen molar-refractivity contribution in [1.82, 2.24) is 20.0 Å². The number of halogens is 2. The number of nitrogens with zero attached hydrogens (tertiary/aromatic N) is 3. The smallest absolute Gasteiger partial charge is 0.318 e. The molecule has 0 aliphatic carbocycles. The Morgan fingerprint density at radius 2 is 1.57 bits per heavy atom. The number of hydrogen-bond acceptors (Lipinski definition) is 3. The van der Waals surface area contributed by atoms with Crippen LogP contribution in [0.3, 0.4) is 0 Å². The van der Waals surface area contributed by atoms with Crippen LogP contribution in [0.15, 0.2) is 36.4 Å². The number of carbonyl (C=O) groups excluding carboxylic acids is 2. The highest BCUT2D eigenvalue weighted by atomic mass is 35.5. The van der Waals surface area contributed by atoms with E-state index in [9.17, 15) is 9.59 Å². The second-order valence-corrected chi connectivity index (χ2v) is 12.9. The van der Waals surface area contributed by atoms with E-state index in [4.69, 9.17) is 23.2 Å². The van der Waals surface area contributed by atoms with Crippen molar-refractivity contribution in [3.05, 3.63) is 68.7 Å². The molecule has 40 heavy (non-hydrogen) atoms. The number of amides is 3. The van der Waals surface area contributed by atoms with Crippen molar-refractivity contribution in [3.8, 4) is 0 Å². The Kier molecular flexibility index (Phi) is 10.8. The summed E-state index contributed by atoms with van der Waals surface area (Å²) in [7, 11) is 4.22. The Bertz CT molecular complexity index is 1170. The lowest BCUT2D eigenvalue weighted by Crippen LogP contribution is -2.54. The first-order valence-corrected chi connectivity index (χ1v) is 15.4. The molecule has 0 aromatic heterocycles. The number of carbonyl (C=O) groups is 2. The van der Waals surface area contributed by atoms with E-state index in [-0.39, 0.29) is 11.9 Å². The Morgan fingerprint density at radius 3 is 2.23 bits per heavy atom. The van der Waals surface area contributed by atoms with Crippen LogP contribution in [0.25, 0.3) is 0 Å². The van der Waals surface area contributed by atoms with Crippen LogP contribution in [-0.4, -0.2) is 79.5 Å². The van der Waals surface area contributed by atoms with Crippen LogP contribution in [0.4, 0.5) is 4.79 Å². The van der Waals surface area contributed by atoms with E-state index >= 15 is 0 Å². The van der Waals surface area contributed by atoms with Gasteiger partial charge in [-0.05, 0) is 111 Å². The lowest BCUT2D eigenvalue weighted by atomic mass is 9.84. The summed E-state index contributed by atoms with van der Waals surface area (Å²) in [5.74, 6) is 0.903. The molecule has 6 nitrogen and oxygen atoms in total. The summed E-state index contributed by atoms with van der Waals surface area (Å²) in [6.07, 6.45) is 5.25. The van der Waals surface area contributed by atoms with Crippen molar-refractivity contribution >= 4 is 35.1 Å². The third-order valence-electron chi connectivity index (χ3n) is 8.31. The van der Waals surface area contributed by atoms with Crippen LogP contribution in [0, 0.1) is 12.8 Å². The molecule has 1 N–H and O–H groups in total. The molecule has 218 valence electrons. The average molecular weight is 588 g/mol. The maximum absolute atomic E-state index is 13.9. The van der Waals surface area contributed by atoms with E-state index < -0.39 is 6.04 Å². The largest absolute Gasteiger partial charge is 0.341 e. The van der Waals surface area contributed by atoms with Gasteiger partial charge < -0.3 is 20.0 Å². The number of rotatable bonds is 9. The van der Waals surface area contributed by atoms with Gasteiger partial charge in [0.2, 0.25) is 5.91 Å². The molecule has 2 aliphatic rings. The molecule has 2 aromatic rings. The Morgan fingerprint density at radius 1 is 0.925 bits per heavy atom. The Labute approximate surface area is 250 Å². The number of piperidine rings is 1. The monoisotopic (exact) mass is 586 g/mol. The van der Waals surface area contributed by atoms with E-state index in [1.807, 2.05) is 41.0 Å². The van der Waals surface area contributed by atoms with Crippen molar-refractivity contribution in [2.24, 2.45) is 5.92 Å². The molecule has 2 aliphatic heterocycles. The predicted molar refractivity (Wildman–Crippen MR) is 164 cm³/mol. The number of benzene rings is 2. The van der Waals surface area contributed by atoms with E-state index in [2.05, 4.69) is 43.4 Å². The zero-order chi connectivity index (χ0) is 28.8. The van der Waals surface area contributed by atoms with Crippen LogP contribution in [-0.2, 0) is 17.6 Å². The fourth-order valence-corrected chi connectivity index (χ4v) is 6.73. The summed E-state index contributed by atoms with van der Waals surface area (Å²) in [6.45, 7) is 8.15. The minimum Gasteiger partial charge on any atom is -0.341 e. The van der Waals surface area contributed by atoms with Gasteiger partial charge in [0, 0.05) is 49.2 Å². The molecule has 2 atom stereocenters. The van der Waals surface area contributed by atoms with Gasteiger partial charge in [-0.2, -0.15) is 0 Å². The molecular weight excluding hydrogens is 543 g/mol. The molecule has 0 spiro atoms. The molecule has 3 amide bonds. The normalized spacial score (nSPS) is 17.8. The third kappa shape index (κ3) is 8.14. The van der Waals surface area contributed by atoms with E-state index in [0.717, 1.165) is 67.9 Å². The molecule has 0 unspecified atom stereocenters. The fraction of sp³-hybridized carbons (Fsp3) is 0.562. The second kappa shape index (κ2) is 14.1. The molecule has 0 saturated carbocycles. The first-order chi connectivity index (χ1) is 19.1. The standard InChI is InChI=1S/C32H44Cl2N4O2/c1-22(21-36(3)4)17-26-19-28(34)9-10-29(26)24-11-15-37(16-12-24)31(39)30(35-32(40)38-13-5-6-14-38)20-25-7-8-27(33)18-23(25)2/h7-10,18-19,22,24,30H,5-6,11-17,20-21H2,1-4H3,(H,35,40)/t22-,30+/m0/s1. The fourth-order valence-electron chi connectivity index (χ4n) is 6.31. The molecule has 0 radical (unpaired) electrons. The molecule has 2 aromatic carbocycles. The van der Waals surface area contributed by atoms with Gasteiger partial charge in [-0.1, -0.05) is 42.3 Å². The number of likely N-dealkylation sites (tertiary alicyclic amines) is 2. The lowest BCUT2D eigenvalue weighted by Gasteiger charge is -2.36. The van der Waals surface area contributed by atoms with Crippen molar-refractivity contribution < 1.29 is 9.59 Å². The predicted octanol–water partition coefficient (Wildman–Crippen LogP) is 6.16. The van der Waals surface area contributed by atoms with E-state index in [0.29, 0.717) is 36.4 Å². The highest BCUT2D eigenvalue weighted by Gasteiger charge is 2.32. The summed E-state index contributed by atoms with van der Waals surface area (Å²) < 4.78 is 0. The van der Waals surface area contributed by atoms with Gasteiger partial charge in [0.25, 0.3) is 0 Å². The first-order valence-electron chi connectivity index (χ1n) is 14.6. The second-order valence-electron chi connectivity index (χ2n) is 12.0. The van der Waals surface area contributed by atoms with Gasteiger partial charge in [0.1, 0.15) is 6.04 Å². The Hall–Kier alpha value is -2.28. The van der Waals surface area contributed by atoms with E-state index in [1.54, 1.807) is 0 Å². The summed E-state index contributed by atoms with van der Waals surface area (Å²) in [5.41, 5.74) is 4.73. The van der Waals surface area contributed by atoms with Gasteiger partial charge in [-0.15, -0.1) is 0 Å². The number of nitrogens with one attached hydrogen (secondary N) is 1. The number of hydrogen-bond donors (Lipinski definition) is 1. The highest BCUT2D eigenvalue weighted by Crippen LogP contribution is 2.33. The van der Waals surface area contributed by atoms with Crippen molar-refractivity contribution in [2.45, 2.75) is 64.3 Å². The molecule has 4 rings (SSSR count). The van der Waals surface area contributed by atoms with Crippen molar-refractivity contribution in [3.63, 3.8) is 0 Å². The van der Waals surface area contributed by atoms with Crippen molar-refractivity contribution in [2.75, 3.05) is 46.8 Å². The molecule has 2 fully saturated rings. The summed E-state index contributed by atoms with van der Waals surface area (Å²) >= 11 is 12.6. The van der Waals surface area contributed by atoms with Gasteiger partial charge in [0.05, 0.1) is 0 Å². The van der Waals surface area contributed by atoms with Crippen molar-refractivity contribution in [1.29, 1.82) is 0 Å². The topological polar surface area (TPSA) is 55.9 Å². The zero-order valence-corrected chi connectivity index (χ0v) is 25.9. The molecule has 2 saturated heterocycles. The van der Waals surface area contributed by atoms with Crippen LogP contribution in [0.2, 0.25) is 10.0 Å². The maximum atomic E-state index is 13.9. The zero-order valence-electron chi connectivity index (χ0n) is 24.4. The molecule has 0 bridgehead atoms.